The lowest BCUT2D eigenvalue weighted by Gasteiger charge is -2.38. The Kier molecular flexibility index (Phi) is 9.72. The number of hydrogen-bond acceptors (Lipinski definition) is 9. The average molecular weight is 607 g/mol. The van der Waals surface area contributed by atoms with Crippen LogP contribution in [0.4, 0.5) is 4.39 Å². The van der Waals surface area contributed by atoms with E-state index in [9.17, 15) is 14.4 Å². The second-order valence-electron chi connectivity index (χ2n) is 10.7. The van der Waals surface area contributed by atoms with E-state index in [-0.39, 0.29) is 40.9 Å². The molecule has 0 spiro atoms. The van der Waals surface area contributed by atoms with E-state index < -0.39 is 17.8 Å². The fraction of sp³-hybridized carbons (Fsp3) is 0.406. The number of carbonyl (C=O) groups is 3. The molecule has 1 aromatic heterocycles. The molecule has 9 nitrogen and oxygen atoms in total. The molecule has 226 valence electrons. The molecule has 2 unspecified atom stereocenters. The van der Waals surface area contributed by atoms with Crippen LogP contribution in [0, 0.1) is 11.7 Å². The third kappa shape index (κ3) is 7.22. The fourth-order valence-corrected chi connectivity index (χ4v) is 6.34. The van der Waals surface area contributed by atoms with Gasteiger partial charge in [-0.05, 0) is 61.6 Å². The summed E-state index contributed by atoms with van der Waals surface area (Å²) >= 11 is 1.20. The van der Waals surface area contributed by atoms with Gasteiger partial charge in [0.05, 0.1) is 26.3 Å². The summed E-state index contributed by atoms with van der Waals surface area (Å²) in [4.78, 5) is 40.9. The van der Waals surface area contributed by atoms with Crippen molar-refractivity contribution in [2.24, 2.45) is 5.92 Å². The zero-order valence-corrected chi connectivity index (χ0v) is 25.3. The first-order chi connectivity index (χ1) is 20.8. The summed E-state index contributed by atoms with van der Waals surface area (Å²) in [5, 5.41) is 8.38. The van der Waals surface area contributed by atoms with E-state index in [0.29, 0.717) is 36.5 Å². The van der Waals surface area contributed by atoms with Gasteiger partial charge < -0.3 is 9.47 Å². The van der Waals surface area contributed by atoms with Gasteiger partial charge in [-0.3, -0.25) is 14.5 Å². The number of esters is 1. The monoisotopic (exact) mass is 606 g/mol. The molecule has 0 amide bonds. The van der Waals surface area contributed by atoms with E-state index >= 15 is 4.39 Å². The van der Waals surface area contributed by atoms with Crippen LogP contribution >= 0.6 is 11.8 Å². The molecule has 2 aromatic carbocycles. The normalized spacial score (nSPS) is 18.8. The maximum absolute atomic E-state index is 15.0. The number of Topliss-reactive ketones (excluding diaryl/α,β-unsaturated/α-hetero) is 1. The Labute approximate surface area is 254 Å². The van der Waals surface area contributed by atoms with Crippen LogP contribution in [0.15, 0.2) is 54.1 Å². The number of aromatic nitrogens is 3. The van der Waals surface area contributed by atoms with Gasteiger partial charge in [-0.25, -0.2) is 13.9 Å². The van der Waals surface area contributed by atoms with Gasteiger partial charge in [0.2, 0.25) is 0 Å². The molecule has 43 heavy (non-hydrogen) atoms. The van der Waals surface area contributed by atoms with Gasteiger partial charge in [-0.1, -0.05) is 47.3 Å². The maximum Gasteiger partial charge on any atom is 0.358 e. The molecule has 1 aliphatic heterocycles. The van der Waals surface area contributed by atoms with Crippen molar-refractivity contribution in [1.82, 2.24) is 19.9 Å². The standard InChI is InChI=1S/C32H35FN4O5S/c1-4-42-32(40)30-27(34-35-37(30)18-21-9-13-24(41-3)14-10-21)17-23-19-36(16-15-28(23)43-20(2)38)29(31(39)22-11-12-22)25-7-5-6-8-26(25)33/h5-10,13-14,17,22,28-29H,4,11-12,15-16,18-19H2,1-3H3/b23-17+. The van der Waals surface area contributed by atoms with E-state index in [1.165, 1.54) is 29.4 Å². The molecule has 2 fully saturated rings. The Balaban J connectivity index is 1.52. The molecule has 0 N–H and O–H groups in total. The summed E-state index contributed by atoms with van der Waals surface area (Å²) in [6, 6.07) is 13.1. The molecule has 0 radical (unpaired) electrons. The number of benzene rings is 2. The first-order valence-electron chi connectivity index (χ1n) is 14.4. The zero-order chi connectivity index (χ0) is 30.5. The highest BCUT2D eigenvalue weighted by Crippen LogP contribution is 2.40. The topological polar surface area (TPSA) is 104 Å². The van der Waals surface area contributed by atoms with Crippen molar-refractivity contribution in [3.05, 3.63) is 82.4 Å². The van der Waals surface area contributed by atoms with Crippen LogP contribution < -0.4 is 4.74 Å². The number of nitrogens with zero attached hydrogens (tertiary/aromatic N) is 4. The second-order valence-corrected chi connectivity index (χ2v) is 12.1. The third-order valence-electron chi connectivity index (χ3n) is 7.64. The van der Waals surface area contributed by atoms with Gasteiger partial charge in [-0.15, -0.1) is 5.10 Å². The molecular weight excluding hydrogens is 571 g/mol. The highest BCUT2D eigenvalue weighted by molar-refractivity contribution is 8.14. The van der Waals surface area contributed by atoms with E-state index in [0.717, 1.165) is 24.0 Å². The van der Waals surface area contributed by atoms with Crippen LogP contribution in [-0.4, -0.2) is 68.8 Å². The Morgan fingerprint density at radius 3 is 2.51 bits per heavy atom. The smallest absolute Gasteiger partial charge is 0.358 e. The van der Waals surface area contributed by atoms with E-state index in [2.05, 4.69) is 10.3 Å². The first kappa shape index (κ1) is 30.6. The number of carbonyl (C=O) groups excluding carboxylic acids is 3. The number of ether oxygens (including phenoxy) is 2. The van der Waals surface area contributed by atoms with Gasteiger partial charge in [0.1, 0.15) is 17.3 Å². The van der Waals surface area contributed by atoms with E-state index in [4.69, 9.17) is 9.47 Å². The number of piperidine rings is 1. The van der Waals surface area contributed by atoms with Crippen molar-refractivity contribution in [3.63, 3.8) is 0 Å². The highest BCUT2D eigenvalue weighted by atomic mass is 32.2. The minimum Gasteiger partial charge on any atom is -0.497 e. The minimum absolute atomic E-state index is 0.0137. The minimum atomic E-state index is -0.740. The molecule has 2 heterocycles. The van der Waals surface area contributed by atoms with Crippen LogP contribution in [-0.2, 0) is 20.9 Å². The quantitative estimate of drug-likeness (QED) is 0.276. The predicted octanol–water partition coefficient (Wildman–Crippen LogP) is 5.11. The van der Waals surface area contributed by atoms with Gasteiger partial charge in [-0.2, -0.15) is 0 Å². The number of ketones is 1. The lowest BCUT2D eigenvalue weighted by Crippen LogP contribution is -2.43. The second kappa shape index (κ2) is 13.6. The number of methoxy groups -OCH3 is 1. The summed E-state index contributed by atoms with van der Waals surface area (Å²) < 4.78 is 27.2. The Morgan fingerprint density at radius 2 is 1.86 bits per heavy atom. The van der Waals surface area contributed by atoms with Gasteiger partial charge in [0, 0.05) is 36.7 Å². The molecule has 2 aliphatic rings. The van der Waals surface area contributed by atoms with E-state index in [1.807, 2.05) is 29.2 Å². The Hall–Kier alpha value is -3.83. The zero-order valence-electron chi connectivity index (χ0n) is 24.5. The van der Waals surface area contributed by atoms with Crippen LogP contribution in [0.5, 0.6) is 5.75 Å². The number of likely N-dealkylation sites (tertiary alicyclic amines) is 1. The van der Waals surface area contributed by atoms with Crippen molar-refractivity contribution >= 4 is 34.7 Å². The largest absolute Gasteiger partial charge is 0.497 e. The predicted molar refractivity (Wildman–Crippen MR) is 161 cm³/mol. The Bertz CT molecular complexity index is 1520. The molecule has 1 saturated heterocycles. The lowest BCUT2D eigenvalue weighted by molar-refractivity contribution is -0.126. The molecule has 3 aromatic rings. The number of thioether (sulfide) groups is 1. The molecule has 0 bridgehead atoms. The van der Waals surface area contributed by atoms with Crippen molar-refractivity contribution in [1.29, 1.82) is 0 Å². The molecule has 1 saturated carbocycles. The number of rotatable bonds is 11. The van der Waals surface area contributed by atoms with Gasteiger partial charge in [0.25, 0.3) is 0 Å². The number of halogens is 1. The maximum atomic E-state index is 15.0. The molecular formula is C32H35FN4O5S. The molecule has 2 atom stereocenters. The third-order valence-corrected chi connectivity index (χ3v) is 8.80. The van der Waals surface area contributed by atoms with Crippen molar-refractivity contribution in [2.45, 2.75) is 50.9 Å². The number of hydrogen-bond donors (Lipinski definition) is 0. The average Bonchev–Trinajstić information content (AvgIpc) is 3.77. The SMILES string of the molecule is CCOC(=O)c1c(/C=C2\CN(C(C(=O)C3CC3)c3ccccc3F)CCC2SC(C)=O)nnn1Cc1ccc(OC)cc1. The summed E-state index contributed by atoms with van der Waals surface area (Å²) in [5.74, 6) is -0.333. The van der Waals surface area contributed by atoms with E-state index in [1.54, 1.807) is 38.3 Å². The lowest BCUT2D eigenvalue weighted by atomic mass is 9.93. The van der Waals surface area contributed by atoms with Gasteiger partial charge >= 0.3 is 5.97 Å². The van der Waals surface area contributed by atoms with Crippen LogP contribution in [0.25, 0.3) is 6.08 Å². The Morgan fingerprint density at radius 1 is 1.12 bits per heavy atom. The summed E-state index contributed by atoms with van der Waals surface area (Å²) in [6.07, 6.45) is 3.96. The van der Waals surface area contributed by atoms with Crippen LogP contribution in [0.2, 0.25) is 0 Å². The molecule has 1 aliphatic carbocycles. The molecule has 5 rings (SSSR count). The summed E-state index contributed by atoms with van der Waals surface area (Å²) in [5.41, 5.74) is 2.55. The van der Waals surface area contributed by atoms with Crippen molar-refractivity contribution in [3.8, 4) is 5.75 Å². The van der Waals surface area contributed by atoms with Crippen molar-refractivity contribution < 1.29 is 28.2 Å². The summed E-state index contributed by atoms with van der Waals surface area (Å²) in [6.45, 7) is 4.50. The summed E-state index contributed by atoms with van der Waals surface area (Å²) in [7, 11) is 1.59. The molecule has 11 heteroatoms. The van der Waals surface area contributed by atoms with Crippen LogP contribution in [0.3, 0.4) is 0 Å². The van der Waals surface area contributed by atoms with Crippen molar-refractivity contribution in [2.75, 3.05) is 26.8 Å². The first-order valence-corrected chi connectivity index (χ1v) is 15.3. The van der Waals surface area contributed by atoms with Gasteiger partial charge in [0.15, 0.2) is 16.6 Å². The highest BCUT2D eigenvalue weighted by Gasteiger charge is 2.41. The fourth-order valence-electron chi connectivity index (χ4n) is 5.42. The van der Waals surface area contributed by atoms with Crippen LogP contribution in [0.1, 0.15) is 66.5 Å².